The molecule has 1 aliphatic heterocycles. The predicted octanol–water partition coefficient (Wildman–Crippen LogP) is 3.23. The second-order valence-corrected chi connectivity index (χ2v) is 6.28. The van der Waals surface area contributed by atoms with E-state index in [1.165, 1.54) is 11.3 Å². The Morgan fingerprint density at radius 2 is 2.43 bits per heavy atom. The third kappa shape index (κ3) is 3.61. The van der Waals surface area contributed by atoms with Crippen LogP contribution in [0, 0.1) is 5.92 Å². The summed E-state index contributed by atoms with van der Waals surface area (Å²) < 4.78 is 5.29. The fourth-order valence-electron chi connectivity index (χ4n) is 2.20. The van der Waals surface area contributed by atoms with Crippen LogP contribution in [0.2, 0.25) is 5.02 Å². The van der Waals surface area contributed by atoms with E-state index in [4.69, 9.17) is 16.3 Å². The summed E-state index contributed by atoms with van der Waals surface area (Å²) in [5.74, 6) is 0.284. The zero-order valence-electron chi connectivity index (χ0n) is 11.3. The van der Waals surface area contributed by atoms with Crippen molar-refractivity contribution in [1.29, 1.82) is 0 Å². The summed E-state index contributed by atoms with van der Waals surface area (Å²) in [7, 11) is 0. The van der Waals surface area contributed by atoms with Crippen molar-refractivity contribution in [3.05, 3.63) is 40.4 Å². The molecular weight excluding hydrogens is 308 g/mol. The number of ether oxygens (including phenoxy) is 1. The van der Waals surface area contributed by atoms with E-state index >= 15 is 0 Å². The van der Waals surface area contributed by atoms with Gasteiger partial charge >= 0.3 is 0 Å². The number of hydrogen-bond donors (Lipinski definition) is 1. The second-order valence-electron chi connectivity index (χ2n) is 4.99. The average molecular weight is 323 g/mol. The molecule has 2 aromatic rings. The van der Waals surface area contributed by atoms with E-state index in [1.54, 1.807) is 5.38 Å². The maximum atomic E-state index is 12.1. The molecule has 1 aromatic carbocycles. The highest BCUT2D eigenvalue weighted by Crippen LogP contribution is 2.26. The minimum atomic E-state index is -0.133. The Morgan fingerprint density at radius 1 is 1.52 bits per heavy atom. The average Bonchev–Trinajstić information content (AvgIpc) is 3.16. The Labute approximate surface area is 132 Å². The number of nitrogens with one attached hydrogen (secondary N) is 1. The van der Waals surface area contributed by atoms with Crippen molar-refractivity contribution in [2.75, 3.05) is 19.8 Å². The molecule has 1 saturated heterocycles. The summed E-state index contributed by atoms with van der Waals surface area (Å²) in [4.78, 5) is 16.5. The molecular formula is C15H15ClN2O2S. The Morgan fingerprint density at radius 3 is 3.19 bits per heavy atom. The molecule has 1 fully saturated rings. The van der Waals surface area contributed by atoms with Crippen molar-refractivity contribution in [1.82, 2.24) is 10.3 Å². The zero-order valence-corrected chi connectivity index (χ0v) is 12.9. The van der Waals surface area contributed by atoms with Gasteiger partial charge in [-0.3, -0.25) is 4.79 Å². The standard InChI is InChI=1S/C15H15ClN2O2S/c16-12-3-1-2-11(6-12)15-18-13(9-21-15)14(19)17-7-10-4-5-20-8-10/h1-3,6,9-10H,4-5,7-8H2,(H,17,19). The first-order valence-corrected chi connectivity index (χ1v) is 8.05. The lowest BCUT2D eigenvalue weighted by Gasteiger charge is -2.07. The number of amides is 1. The molecule has 0 aliphatic carbocycles. The van der Waals surface area contributed by atoms with Crippen LogP contribution < -0.4 is 5.32 Å². The first-order valence-electron chi connectivity index (χ1n) is 6.80. The molecule has 0 bridgehead atoms. The van der Waals surface area contributed by atoms with Gasteiger partial charge in [0.1, 0.15) is 10.7 Å². The van der Waals surface area contributed by atoms with E-state index in [9.17, 15) is 4.79 Å². The Balaban J connectivity index is 1.65. The molecule has 6 heteroatoms. The van der Waals surface area contributed by atoms with Gasteiger partial charge in [-0.15, -0.1) is 11.3 Å². The Hall–Kier alpha value is -1.43. The fraction of sp³-hybridized carbons (Fsp3) is 0.333. The van der Waals surface area contributed by atoms with Crippen molar-refractivity contribution in [3.63, 3.8) is 0 Å². The highest BCUT2D eigenvalue weighted by molar-refractivity contribution is 7.13. The molecule has 1 N–H and O–H groups in total. The van der Waals surface area contributed by atoms with Gasteiger partial charge in [0.2, 0.25) is 0 Å². The normalized spacial score (nSPS) is 17.9. The smallest absolute Gasteiger partial charge is 0.270 e. The Kier molecular flexibility index (Phi) is 4.53. The highest BCUT2D eigenvalue weighted by atomic mass is 35.5. The zero-order chi connectivity index (χ0) is 14.7. The topological polar surface area (TPSA) is 51.2 Å². The number of benzene rings is 1. The molecule has 0 spiro atoms. The largest absolute Gasteiger partial charge is 0.381 e. The van der Waals surface area contributed by atoms with E-state index < -0.39 is 0 Å². The lowest BCUT2D eigenvalue weighted by Crippen LogP contribution is -2.29. The van der Waals surface area contributed by atoms with Gasteiger partial charge in [-0.05, 0) is 18.6 Å². The molecule has 0 radical (unpaired) electrons. The summed E-state index contributed by atoms with van der Waals surface area (Å²) in [6.45, 7) is 2.16. The molecule has 21 heavy (non-hydrogen) atoms. The van der Waals surface area contributed by atoms with E-state index in [2.05, 4.69) is 10.3 Å². The molecule has 1 amide bonds. The van der Waals surface area contributed by atoms with Crippen molar-refractivity contribution >= 4 is 28.8 Å². The first kappa shape index (κ1) is 14.5. The van der Waals surface area contributed by atoms with Crippen LogP contribution in [-0.4, -0.2) is 30.6 Å². The van der Waals surface area contributed by atoms with Crippen LogP contribution in [0.4, 0.5) is 0 Å². The maximum absolute atomic E-state index is 12.1. The molecule has 110 valence electrons. The molecule has 1 atom stereocenters. The van der Waals surface area contributed by atoms with E-state index in [-0.39, 0.29) is 5.91 Å². The van der Waals surface area contributed by atoms with Gasteiger partial charge in [-0.2, -0.15) is 0 Å². The highest BCUT2D eigenvalue weighted by Gasteiger charge is 2.18. The van der Waals surface area contributed by atoms with Crippen LogP contribution in [-0.2, 0) is 4.74 Å². The maximum Gasteiger partial charge on any atom is 0.270 e. The van der Waals surface area contributed by atoms with E-state index in [0.29, 0.717) is 23.2 Å². The summed E-state index contributed by atoms with van der Waals surface area (Å²) in [5.41, 5.74) is 1.38. The first-order chi connectivity index (χ1) is 10.2. The third-order valence-electron chi connectivity index (χ3n) is 3.38. The molecule has 1 aliphatic rings. The molecule has 3 rings (SSSR count). The van der Waals surface area contributed by atoms with Gasteiger partial charge in [-0.1, -0.05) is 23.7 Å². The number of thiazole rings is 1. The van der Waals surface area contributed by atoms with Gasteiger partial charge in [0, 0.05) is 35.0 Å². The van der Waals surface area contributed by atoms with Crippen LogP contribution in [0.5, 0.6) is 0 Å². The van der Waals surface area contributed by atoms with Gasteiger partial charge < -0.3 is 10.1 Å². The van der Waals surface area contributed by atoms with Gasteiger partial charge in [0.25, 0.3) is 5.91 Å². The monoisotopic (exact) mass is 322 g/mol. The van der Waals surface area contributed by atoms with Crippen molar-refractivity contribution in [2.45, 2.75) is 6.42 Å². The summed E-state index contributed by atoms with van der Waals surface area (Å²) in [6, 6.07) is 7.47. The van der Waals surface area contributed by atoms with Crippen molar-refractivity contribution < 1.29 is 9.53 Å². The number of nitrogens with zero attached hydrogens (tertiary/aromatic N) is 1. The van der Waals surface area contributed by atoms with Gasteiger partial charge in [0.15, 0.2) is 0 Å². The lowest BCUT2D eigenvalue weighted by atomic mass is 10.1. The summed E-state index contributed by atoms with van der Waals surface area (Å²) in [5, 5.41) is 6.15. The van der Waals surface area contributed by atoms with Crippen LogP contribution >= 0.6 is 22.9 Å². The number of hydrogen-bond acceptors (Lipinski definition) is 4. The molecule has 1 unspecified atom stereocenters. The van der Waals surface area contributed by atoms with E-state index in [0.717, 1.165) is 30.2 Å². The predicted molar refractivity (Wildman–Crippen MR) is 83.8 cm³/mol. The number of aromatic nitrogens is 1. The second kappa shape index (κ2) is 6.56. The molecule has 1 aromatic heterocycles. The molecule has 4 nitrogen and oxygen atoms in total. The van der Waals surface area contributed by atoms with Crippen molar-refractivity contribution in [3.8, 4) is 10.6 Å². The summed E-state index contributed by atoms with van der Waals surface area (Å²) in [6.07, 6.45) is 1.01. The SMILES string of the molecule is O=C(NCC1CCOC1)c1csc(-c2cccc(Cl)c2)n1. The van der Waals surface area contributed by atoms with Crippen LogP contribution in [0.1, 0.15) is 16.9 Å². The minimum absolute atomic E-state index is 0.133. The van der Waals surface area contributed by atoms with Crippen LogP contribution in [0.15, 0.2) is 29.6 Å². The van der Waals surface area contributed by atoms with Gasteiger partial charge in [-0.25, -0.2) is 4.98 Å². The number of rotatable bonds is 4. The number of carbonyl (C=O) groups is 1. The number of halogens is 1. The van der Waals surface area contributed by atoms with Crippen LogP contribution in [0.25, 0.3) is 10.6 Å². The third-order valence-corrected chi connectivity index (χ3v) is 4.51. The minimum Gasteiger partial charge on any atom is -0.381 e. The fourth-order valence-corrected chi connectivity index (χ4v) is 3.19. The lowest BCUT2D eigenvalue weighted by molar-refractivity contribution is 0.0941. The van der Waals surface area contributed by atoms with Crippen LogP contribution in [0.3, 0.4) is 0 Å². The molecule has 0 saturated carbocycles. The van der Waals surface area contributed by atoms with E-state index in [1.807, 2.05) is 24.3 Å². The molecule has 2 heterocycles. The van der Waals surface area contributed by atoms with Gasteiger partial charge in [0.05, 0.1) is 6.61 Å². The quantitative estimate of drug-likeness (QED) is 0.940. The summed E-state index contributed by atoms with van der Waals surface area (Å²) >= 11 is 7.41. The number of carbonyl (C=O) groups excluding carboxylic acids is 1. The van der Waals surface area contributed by atoms with Crippen molar-refractivity contribution in [2.24, 2.45) is 5.92 Å². The Bertz CT molecular complexity index is 638.